The van der Waals surface area contributed by atoms with E-state index in [0.29, 0.717) is 12.5 Å². The summed E-state index contributed by atoms with van der Waals surface area (Å²) in [6, 6.07) is 0.498. The molecule has 2 aliphatic rings. The number of carboxylic acids is 1. The predicted octanol–water partition coefficient (Wildman–Crippen LogP) is 2.43. The van der Waals surface area contributed by atoms with Gasteiger partial charge in [0.15, 0.2) is 0 Å². The summed E-state index contributed by atoms with van der Waals surface area (Å²) in [5.74, 6) is -1.18. The Balaban J connectivity index is 1.82. The van der Waals surface area contributed by atoms with E-state index in [1.165, 1.54) is 0 Å². The molecule has 1 aromatic rings. The Labute approximate surface area is 128 Å². The molecule has 1 aliphatic carbocycles. The summed E-state index contributed by atoms with van der Waals surface area (Å²) in [5, 5.41) is 10.3. The highest BCUT2D eigenvalue weighted by Gasteiger charge is 2.33. The van der Waals surface area contributed by atoms with E-state index >= 15 is 0 Å². The van der Waals surface area contributed by atoms with Crippen molar-refractivity contribution in [2.24, 2.45) is 0 Å². The molecule has 0 amide bonds. The molecule has 6 heteroatoms. The second-order valence-electron chi connectivity index (χ2n) is 6.09. The molecule has 1 aromatic heterocycles. The van der Waals surface area contributed by atoms with Crippen molar-refractivity contribution in [3.8, 4) is 0 Å². The third-order valence-corrected chi connectivity index (χ3v) is 5.60. The van der Waals surface area contributed by atoms with Crippen LogP contribution in [-0.4, -0.2) is 46.7 Å². The van der Waals surface area contributed by atoms with Crippen molar-refractivity contribution in [1.29, 1.82) is 0 Å². The number of hydrogen-bond acceptors (Lipinski definition) is 5. The number of hydrogen-bond donors (Lipinski definition) is 1. The number of thiazole rings is 1. The van der Waals surface area contributed by atoms with E-state index in [1.807, 2.05) is 0 Å². The van der Waals surface area contributed by atoms with Crippen LogP contribution in [0.1, 0.15) is 54.3 Å². The van der Waals surface area contributed by atoms with Crippen LogP contribution in [0, 0.1) is 0 Å². The van der Waals surface area contributed by atoms with E-state index < -0.39 is 11.9 Å². The van der Waals surface area contributed by atoms with Crippen LogP contribution in [0.2, 0.25) is 0 Å². The van der Waals surface area contributed by atoms with Crippen molar-refractivity contribution in [2.45, 2.75) is 51.2 Å². The SMILES string of the molecule is CC(C)N1CCOC(c2nc3c(s2)CCCC3C(=O)O)C1. The lowest BCUT2D eigenvalue weighted by Gasteiger charge is -2.34. The minimum Gasteiger partial charge on any atom is -0.481 e. The molecule has 1 aliphatic heterocycles. The van der Waals surface area contributed by atoms with E-state index in [1.54, 1.807) is 11.3 Å². The molecule has 116 valence electrons. The van der Waals surface area contributed by atoms with Crippen LogP contribution in [0.25, 0.3) is 0 Å². The van der Waals surface area contributed by atoms with Crippen molar-refractivity contribution >= 4 is 17.3 Å². The highest BCUT2D eigenvalue weighted by atomic mass is 32.1. The maximum atomic E-state index is 11.4. The summed E-state index contributed by atoms with van der Waals surface area (Å²) in [5.41, 5.74) is 0.791. The van der Waals surface area contributed by atoms with Crippen LogP contribution in [0.5, 0.6) is 0 Å². The van der Waals surface area contributed by atoms with E-state index in [4.69, 9.17) is 4.74 Å². The average molecular weight is 310 g/mol. The Morgan fingerprint density at radius 1 is 1.52 bits per heavy atom. The standard InChI is InChI=1S/C15H22N2O3S/c1-9(2)17-6-7-20-11(8-17)14-16-13-10(15(18)19)4-3-5-12(13)21-14/h9-11H,3-8H2,1-2H3,(H,18,19). The molecule has 2 atom stereocenters. The molecule has 0 saturated carbocycles. The maximum Gasteiger partial charge on any atom is 0.312 e. The second kappa shape index (κ2) is 6.02. The van der Waals surface area contributed by atoms with E-state index in [0.717, 1.165) is 48.1 Å². The van der Waals surface area contributed by atoms with Gasteiger partial charge in [0.1, 0.15) is 11.1 Å². The smallest absolute Gasteiger partial charge is 0.312 e. The Morgan fingerprint density at radius 3 is 3.05 bits per heavy atom. The van der Waals surface area contributed by atoms with Gasteiger partial charge in [-0.2, -0.15) is 0 Å². The van der Waals surface area contributed by atoms with Gasteiger partial charge in [-0.3, -0.25) is 9.69 Å². The summed E-state index contributed by atoms with van der Waals surface area (Å²) in [4.78, 5) is 19.6. The van der Waals surface area contributed by atoms with Crippen molar-refractivity contribution in [2.75, 3.05) is 19.7 Å². The monoisotopic (exact) mass is 310 g/mol. The lowest BCUT2D eigenvalue weighted by atomic mass is 9.91. The van der Waals surface area contributed by atoms with Crippen LogP contribution in [0.4, 0.5) is 0 Å². The lowest BCUT2D eigenvalue weighted by Crippen LogP contribution is -2.42. The molecule has 21 heavy (non-hydrogen) atoms. The summed E-state index contributed by atoms with van der Waals surface area (Å²) < 4.78 is 5.88. The van der Waals surface area contributed by atoms with Crippen molar-refractivity contribution in [3.05, 3.63) is 15.6 Å². The molecule has 1 fully saturated rings. The number of aromatic nitrogens is 1. The minimum atomic E-state index is -0.749. The van der Waals surface area contributed by atoms with Crippen molar-refractivity contribution < 1.29 is 14.6 Å². The van der Waals surface area contributed by atoms with Gasteiger partial charge in [-0.1, -0.05) is 0 Å². The average Bonchev–Trinajstić information content (AvgIpc) is 2.91. The fourth-order valence-electron chi connectivity index (χ4n) is 3.10. The van der Waals surface area contributed by atoms with Gasteiger partial charge in [-0.25, -0.2) is 4.98 Å². The predicted molar refractivity (Wildman–Crippen MR) is 80.8 cm³/mol. The Kier molecular flexibility index (Phi) is 4.28. The number of aliphatic carboxylic acids is 1. The van der Waals surface area contributed by atoms with Crippen molar-refractivity contribution in [1.82, 2.24) is 9.88 Å². The van der Waals surface area contributed by atoms with Gasteiger partial charge in [0.2, 0.25) is 0 Å². The molecule has 3 rings (SSSR count). The van der Waals surface area contributed by atoms with Crippen LogP contribution in [0.15, 0.2) is 0 Å². The van der Waals surface area contributed by atoms with Gasteiger partial charge in [0, 0.05) is 24.0 Å². The largest absolute Gasteiger partial charge is 0.481 e. The zero-order chi connectivity index (χ0) is 15.0. The number of fused-ring (bicyclic) bond motifs is 1. The molecule has 1 saturated heterocycles. The zero-order valence-electron chi connectivity index (χ0n) is 12.5. The molecule has 0 radical (unpaired) electrons. The van der Waals surface area contributed by atoms with E-state index in [9.17, 15) is 9.90 Å². The first-order valence-corrected chi connectivity index (χ1v) is 8.46. The maximum absolute atomic E-state index is 11.4. The quantitative estimate of drug-likeness (QED) is 0.929. The summed E-state index contributed by atoms with van der Waals surface area (Å²) in [6.45, 7) is 6.90. The lowest BCUT2D eigenvalue weighted by molar-refractivity contribution is -0.139. The van der Waals surface area contributed by atoms with Gasteiger partial charge in [0.25, 0.3) is 0 Å². The van der Waals surface area contributed by atoms with Crippen LogP contribution < -0.4 is 0 Å². The number of carbonyl (C=O) groups is 1. The first-order chi connectivity index (χ1) is 10.1. The van der Waals surface area contributed by atoms with E-state index in [2.05, 4.69) is 23.7 Å². The molecule has 1 N–H and O–H groups in total. The molecule has 2 heterocycles. The summed E-state index contributed by atoms with van der Waals surface area (Å²) >= 11 is 1.65. The summed E-state index contributed by atoms with van der Waals surface area (Å²) in [6.07, 6.45) is 2.59. The minimum absolute atomic E-state index is 0.00815. The van der Waals surface area contributed by atoms with Gasteiger partial charge < -0.3 is 9.84 Å². The first kappa shape index (κ1) is 14.9. The number of ether oxygens (including phenoxy) is 1. The van der Waals surface area contributed by atoms with Gasteiger partial charge >= 0.3 is 5.97 Å². The molecular weight excluding hydrogens is 288 g/mol. The Bertz CT molecular complexity index is 529. The zero-order valence-corrected chi connectivity index (χ0v) is 13.4. The number of carboxylic acid groups (broad SMARTS) is 1. The number of aryl methyl sites for hydroxylation is 1. The molecule has 0 aromatic carbocycles. The fourth-order valence-corrected chi connectivity index (χ4v) is 4.31. The van der Waals surface area contributed by atoms with Crippen LogP contribution in [-0.2, 0) is 16.0 Å². The third-order valence-electron chi connectivity index (χ3n) is 4.37. The number of morpholine rings is 1. The third kappa shape index (κ3) is 2.98. The first-order valence-electron chi connectivity index (χ1n) is 7.64. The molecule has 0 spiro atoms. The molecule has 5 nitrogen and oxygen atoms in total. The number of nitrogens with zero attached hydrogens (tertiary/aromatic N) is 2. The Hall–Kier alpha value is -0.980. The van der Waals surface area contributed by atoms with Gasteiger partial charge in [-0.05, 0) is 33.1 Å². The van der Waals surface area contributed by atoms with E-state index in [-0.39, 0.29) is 6.10 Å². The van der Waals surface area contributed by atoms with Crippen molar-refractivity contribution in [3.63, 3.8) is 0 Å². The summed E-state index contributed by atoms with van der Waals surface area (Å²) in [7, 11) is 0. The van der Waals surface area contributed by atoms with Crippen LogP contribution >= 0.6 is 11.3 Å². The van der Waals surface area contributed by atoms with Gasteiger partial charge in [-0.15, -0.1) is 11.3 Å². The van der Waals surface area contributed by atoms with Gasteiger partial charge in [0.05, 0.1) is 18.2 Å². The van der Waals surface area contributed by atoms with Crippen LogP contribution in [0.3, 0.4) is 0 Å². The molecule has 2 unspecified atom stereocenters. The highest BCUT2D eigenvalue weighted by molar-refractivity contribution is 7.11. The normalized spacial score (nSPS) is 26.8. The topological polar surface area (TPSA) is 62.7 Å². The Morgan fingerprint density at radius 2 is 2.33 bits per heavy atom. The molecule has 0 bridgehead atoms. The second-order valence-corrected chi connectivity index (χ2v) is 7.21. The highest BCUT2D eigenvalue weighted by Crippen LogP contribution is 2.38. The molecular formula is C15H22N2O3S. The fraction of sp³-hybridized carbons (Fsp3) is 0.733. The number of rotatable bonds is 3.